The number of rotatable bonds is 6. The number of nitrogens with one attached hydrogen (secondary N) is 1. The second kappa shape index (κ2) is 6.92. The summed E-state index contributed by atoms with van der Waals surface area (Å²) in [5.41, 5.74) is 2.58. The molecule has 0 radical (unpaired) electrons. The second-order valence-corrected chi connectivity index (χ2v) is 4.90. The van der Waals surface area contributed by atoms with Crippen molar-refractivity contribution in [3.8, 4) is 0 Å². The number of aryl methyl sites for hydroxylation is 1. The van der Waals surface area contributed by atoms with Crippen molar-refractivity contribution in [1.82, 2.24) is 0 Å². The maximum Gasteiger partial charge on any atom is 0.0481 e. The van der Waals surface area contributed by atoms with Gasteiger partial charge in [-0.25, -0.2) is 0 Å². The monoisotopic (exact) mass is 285 g/mol. The van der Waals surface area contributed by atoms with Gasteiger partial charge < -0.3 is 10.1 Å². The fraction of sp³-hybridized carbons (Fsp3) is 0.538. The molecule has 0 bridgehead atoms. The Morgan fingerprint density at radius 3 is 2.81 bits per heavy atom. The highest BCUT2D eigenvalue weighted by atomic mass is 79.9. The highest BCUT2D eigenvalue weighted by Crippen LogP contribution is 2.22. The van der Waals surface area contributed by atoms with Gasteiger partial charge in [-0.15, -0.1) is 0 Å². The molecule has 1 rings (SSSR count). The average molecular weight is 286 g/mol. The Bertz CT molecular complexity index is 328. The zero-order valence-electron chi connectivity index (χ0n) is 10.2. The van der Waals surface area contributed by atoms with Crippen molar-refractivity contribution in [1.29, 1.82) is 0 Å². The lowest BCUT2D eigenvalue weighted by Gasteiger charge is -2.17. The SMILES string of the molecule is CCc1cc(Br)ccc1NC(C)CCOC. The number of halogens is 1. The minimum absolute atomic E-state index is 0.437. The van der Waals surface area contributed by atoms with E-state index in [1.807, 2.05) is 0 Å². The number of anilines is 1. The van der Waals surface area contributed by atoms with Gasteiger partial charge in [0.1, 0.15) is 0 Å². The van der Waals surface area contributed by atoms with E-state index in [-0.39, 0.29) is 0 Å². The second-order valence-electron chi connectivity index (χ2n) is 3.98. The molecular formula is C13H20BrNO. The minimum atomic E-state index is 0.437. The highest BCUT2D eigenvalue weighted by Gasteiger charge is 2.05. The summed E-state index contributed by atoms with van der Waals surface area (Å²) >= 11 is 3.50. The van der Waals surface area contributed by atoms with Crippen molar-refractivity contribution in [2.24, 2.45) is 0 Å². The Balaban J connectivity index is 2.65. The fourth-order valence-corrected chi connectivity index (χ4v) is 2.04. The molecule has 0 fully saturated rings. The summed E-state index contributed by atoms with van der Waals surface area (Å²) in [6.45, 7) is 5.15. The first-order valence-electron chi connectivity index (χ1n) is 5.71. The van der Waals surface area contributed by atoms with Crippen molar-refractivity contribution in [3.05, 3.63) is 28.2 Å². The van der Waals surface area contributed by atoms with Gasteiger partial charge in [-0.05, 0) is 43.5 Å². The van der Waals surface area contributed by atoms with Crippen LogP contribution in [0.25, 0.3) is 0 Å². The van der Waals surface area contributed by atoms with Gasteiger partial charge in [0.05, 0.1) is 0 Å². The first-order valence-corrected chi connectivity index (χ1v) is 6.50. The van der Waals surface area contributed by atoms with E-state index in [0.29, 0.717) is 6.04 Å². The largest absolute Gasteiger partial charge is 0.385 e. The normalized spacial score (nSPS) is 12.5. The lowest BCUT2D eigenvalue weighted by molar-refractivity contribution is 0.191. The molecule has 0 aliphatic heterocycles. The van der Waals surface area contributed by atoms with Gasteiger partial charge in [0, 0.05) is 29.9 Å². The highest BCUT2D eigenvalue weighted by molar-refractivity contribution is 9.10. The molecule has 0 saturated carbocycles. The van der Waals surface area contributed by atoms with Crippen molar-refractivity contribution in [2.45, 2.75) is 32.7 Å². The van der Waals surface area contributed by atoms with Crippen LogP contribution in [-0.2, 0) is 11.2 Å². The summed E-state index contributed by atoms with van der Waals surface area (Å²) in [6.07, 6.45) is 2.06. The van der Waals surface area contributed by atoms with Gasteiger partial charge in [-0.1, -0.05) is 22.9 Å². The lowest BCUT2D eigenvalue weighted by Crippen LogP contribution is -2.18. The van der Waals surface area contributed by atoms with Gasteiger partial charge in [0.2, 0.25) is 0 Å². The van der Waals surface area contributed by atoms with E-state index >= 15 is 0 Å². The van der Waals surface area contributed by atoms with Crippen LogP contribution < -0.4 is 5.32 Å². The molecule has 0 saturated heterocycles. The number of methoxy groups -OCH3 is 1. The molecule has 90 valence electrons. The third-order valence-corrected chi connectivity index (χ3v) is 3.10. The van der Waals surface area contributed by atoms with Crippen LogP contribution in [0.3, 0.4) is 0 Å². The Morgan fingerprint density at radius 1 is 1.44 bits per heavy atom. The molecule has 1 N–H and O–H groups in total. The number of hydrogen-bond acceptors (Lipinski definition) is 2. The fourth-order valence-electron chi connectivity index (χ4n) is 1.63. The molecule has 2 nitrogen and oxygen atoms in total. The molecule has 0 aromatic heterocycles. The smallest absolute Gasteiger partial charge is 0.0481 e. The summed E-state index contributed by atoms with van der Waals surface area (Å²) in [7, 11) is 1.74. The van der Waals surface area contributed by atoms with E-state index in [1.54, 1.807) is 7.11 Å². The Morgan fingerprint density at radius 2 is 2.19 bits per heavy atom. The van der Waals surface area contributed by atoms with Crippen molar-refractivity contribution in [2.75, 3.05) is 19.0 Å². The topological polar surface area (TPSA) is 21.3 Å². The molecular weight excluding hydrogens is 266 g/mol. The average Bonchev–Trinajstić information content (AvgIpc) is 2.28. The van der Waals surface area contributed by atoms with Crippen LogP contribution >= 0.6 is 15.9 Å². The molecule has 1 unspecified atom stereocenters. The summed E-state index contributed by atoms with van der Waals surface area (Å²) in [5.74, 6) is 0. The standard InChI is InChI=1S/C13H20BrNO/c1-4-11-9-12(14)5-6-13(11)15-10(2)7-8-16-3/h5-6,9-10,15H,4,7-8H2,1-3H3. The van der Waals surface area contributed by atoms with E-state index in [2.05, 4.69) is 53.3 Å². The number of ether oxygens (including phenoxy) is 1. The lowest BCUT2D eigenvalue weighted by atomic mass is 10.1. The molecule has 0 aliphatic rings. The van der Waals surface area contributed by atoms with Gasteiger partial charge in [0.25, 0.3) is 0 Å². The molecule has 1 aromatic carbocycles. The first-order chi connectivity index (χ1) is 7.67. The van der Waals surface area contributed by atoms with Crippen LogP contribution in [0.5, 0.6) is 0 Å². The van der Waals surface area contributed by atoms with E-state index < -0.39 is 0 Å². The third-order valence-electron chi connectivity index (χ3n) is 2.61. The summed E-state index contributed by atoms with van der Waals surface area (Å²) in [6, 6.07) is 6.81. The molecule has 0 aliphatic carbocycles. The Kier molecular flexibility index (Phi) is 5.85. The van der Waals surface area contributed by atoms with Gasteiger partial charge in [0.15, 0.2) is 0 Å². The quantitative estimate of drug-likeness (QED) is 0.857. The van der Waals surface area contributed by atoms with Gasteiger partial charge >= 0.3 is 0 Å². The molecule has 0 amide bonds. The van der Waals surface area contributed by atoms with Crippen LogP contribution in [0, 0.1) is 0 Å². The Hall–Kier alpha value is -0.540. The Labute approximate surface area is 107 Å². The van der Waals surface area contributed by atoms with E-state index in [1.165, 1.54) is 11.3 Å². The summed E-state index contributed by atoms with van der Waals surface area (Å²) in [4.78, 5) is 0. The summed E-state index contributed by atoms with van der Waals surface area (Å²) in [5, 5.41) is 3.52. The summed E-state index contributed by atoms with van der Waals surface area (Å²) < 4.78 is 6.22. The molecule has 1 aromatic rings. The zero-order chi connectivity index (χ0) is 12.0. The minimum Gasteiger partial charge on any atom is -0.385 e. The van der Waals surface area contributed by atoms with Crippen LogP contribution in [0.2, 0.25) is 0 Å². The van der Waals surface area contributed by atoms with Crippen LogP contribution in [0.4, 0.5) is 5.69 Å². The van der Waals surface area contributed by atoms with Gasteiger partial charge in [-0.2, -0.15) is 0 Å². The molecule has 16 heavy (non-hydrogen) atoms. The van der Waals surface area contributed by atoms with E-state index in [4.69, 9.17) is 4.74 Å². The predicted octanol–water partition coefficient (Wildman–Crippen LogP) is 3.85. The van der Waals surface area contributed by atoms with Crippen molar-refractivity contribution < 1.29 is 4.74 Å². The van der Waals surface area contributed by atoms with Crippen LogP contribution in [0.15, 0.2) is 22.7 Å². The van der Waals surface area contributed by atoms with Gasteiger partial charge in [-0.3, -0.25) is 0 Å². The number of hydrogen-bond donors (Lipinski definition) is 1. The molecule has 3 heteroatoms. The predicted molar refractivity (Wildman–Crippen MR) is 73.1 cm³/mol. The third kappa shape index (κ3) is 4.14. The maximum absolute atomic E-state index is 5.08. The van der Waals surface area contributed by atoms with E-state index in [0.717, 1.165) is 23.9 Å². The van der Waals surface area contributed by atoms with E-state index in [9.17, 15) is 0 Å². The first kappa shape index (κ1) is 13.5. The molecule has 1 atom stereocenters. The van der Waals surface area contributed by atoms with Crippen molar-refractivity contribution in [3.63, 3.8) is 0 Å². The zero-order valence-corrected chi connectivity index (χ0v) is 11.8. The number of benzene rings is 1. The van der Waals surface area contributed by atoms with Crippen LogP contribution in [0.1, 0.15) is 25.8 Å². The molecule has 0 heterocycles. The molecule has 0 spiro atoms. The van der Waals surface area contributed by atoms with Crippen molar-refractivity contribution >= 4 is 21.6 Å². The maximum atomic E-state index is 5.08. The van der Waals surface area contributed by atoms with Crippen LogP contribution in [-0.4, -0.2) is 19.8 Å².